The van der Waals surface area contributed by atoms with E-state index in [-0.39, 0.29) is 47.1 Å². The molecule has 0 aromatic carbocycles. The standard InChI is InChI=1S/C36H58O10/c1-18-11-14-36(30(42)44-8)16-15-32(4)19(26(36)35(18,7)43)9-10-22-33(32,5)13-12-21-31(2,3)28(25(40)27(41)34(21,22)6)46-29-24(39)23(38)20(37)17-45-29/h9,18,20-29,37-41,43H,10-17H2,1-8H3/t18-,20+,21+,22-,23-,24+,25-,26-,27-,28+,29-,32-,33-,34+,35-,36+/m1/s1. The summed E-state index contributed by atoms with van der Waals surface area (Å²) in [4.78, 5) is 13.6. The van der Waals surface area contributed by atoms with Crippen LogP contribution < -0.4 is 0 Å². The highest BCUT2D eigenvalue weighted by Crippen LogP contribution is 2.76. The van der Waals surface area contributed by atoms with Gasteiger partial charge in [0.2, 0.25) is 0 Å². The predicted octanol–water partition coefficient (Wildman–Crippen LogP) is 2.70. The van der Waals surface area contributed by atoms with Crippen LogP contribution in [-0.4, -0.2) is 98.8 Å². The van der Waals surface area contributed by atoms with Crippen molar-refractivity contribution in [2.24, 2.45) is 50.7 Å². The van der Waals surface area contributed by atoms with E-state index in [4.69, 9.17) is 14.2 Å². The van der Waals surface area contributed by atoms with Crippen LogP contribution in [0.2, 0.25) is 0 Å². The average Bonchev–Trinajstić information content (AvgIpc) is 3.00. The lowest BCUT2D eigenvalue weighted by Gasteiger charge is -2.73. The van der Waals surface area contributed by atoms with Crippen molar-refractivity contribution in [3.05, 3.63) is 11.6 Å². The van der Waals surface area contributed by atoms with Crippen molar-refractivity contribution in [3.8, 4) is 0 Å². The number of rotatable bonds is 3. The fourth-order valence-electron chi connectivity index (χ4n) is 12.4. The number of fused-ring (bicyclic) bond motifs is 7. The van der Waals surface area contributed by atoms with Crippen molar-refractivity contribution in [3.63, 3.8) is 0 Å². The Balaban J connectivity index is 1.38. The number of aliphatic hydroxyl groups excluding tert-OH is 5. The summed E-state index contributed by atoms with van der Waals surface area (Å²) in [5.41, 5.74) is -2.73. The molecule has 5 aliphatic carbocycles. The molecule has 1 aliphatic heterocycles. The van der Waals surface area contributed by atoms with Crippen LogP contribution in [0.15, 0.2) is 11.6 Å². The van der Waals surface area contributed by atoms with E-state index >= 15 is 0 Å². The second-order valence-electron chi connectivity index (χ2n) is 17.5. The van der Waals surface area contributed by atoms with Crippen molar-refractivity contribution in [2.45, 2.75) is 142 Å². The van der Waals surface area contributed by atoms with Gasteiger partial charge in [0.15, 0.2) is 6.29 Å². The molecule has 0 aromatic rings. The Morgan fingerprint density at radius 3 is 2.22 bits per heavy atom. The quantitative estimate of drug-likeness (QED) is 0.152. The van der Waals surface area contributed by atoms with Crippen LogP contribution in [0.1, 0.15) is 93.4 Å². The van der Waals surface area contributed by atoms with Crippen LogP contribution in [0.25, 0.3) is 0 Å². The molecule has 0 radical (unpaired) electrons. The van der Waals surface area contributed by atoms with Gasteiger partial charge in [0.25, 0.3) is 0 Å². The lowest BCUT2D eigenvalue weighted by Crippen LogP contribution is -2.73. The minimum absolute atomic E-state index is 0.0116. The molecule has 5 fully saturated rings. The molecule has 1 saturated heterocycles. The summed E-state index contributed by atoms with van der Waals surface area (Å²) >= 11 is 0. The minimum atomic E-state index is -1.50. The van der Waals surface area contributed by atoms with Gasteiger partial charge in [-0.25, -0.2) is 0 Å². The second-order valence-corrected chi connectivity index (χ2v) is 17.5. The number of allylic oxidation sites excluding steroid dienone is 1. The Morgan fingerprint density at radius 2 is 1.57 bits per heavy atom. The first-order valence-electron chi connectivity index (χ1n) is 17.5. The summed E-state index contributed by atoms with van der Waals surface area (Å²) < 4.78 is 17.2. The first-order chi connectivity index (χ1) is 21.3. The van der Waals surface area contributed by atoms with E-state index in [9.17, 15) is 35.4 Å². The zero-order valence-electron chi connectivity index (χ0n) is 28.9. The number of hydrogen-bond donors (Lipinski definition) is 6. The Bertz CT molecular complexity index is 1250. The van der Waals surface area contributed by atoms with Gasteiger partial charge in [0.05, 0.1) is 36.9 Å². The molecule has 10 nitrogen and oxygen atoms in total. The van der Waals surface area contributed by atoms with E-state index < -0.39 is 64.8 Å². The molecule has 6 rings (SSSR count). The Labute approximate surface area is 273 Å². The van der Waals surface area contributed by atoms with E-state index in [1.807, 2.05) is 20.8 Å². The third-order valence-electron chi connectivity index (χ3n) is 15.5. The zero-order chi connectivity index (χ0) is 34.0. The molecule has 1 heterocycles. The van der Waals surface area contributed by atoms with Gasteiger partial charge in [-0.3, -0.25) is 4.79 Å². The van der Waals surface area contributed by atoms with E-state index in [0.29, 0.717) is 19.3 Å². The molecule has 46 heavy (non-hydrogen) atoms. The monoisotopic (exact) mass is 650 g/mol. The number of carbonyl (C=O) groups is 1. The molecule has 0 spiro atoms. The zero-order valence-corrected chi connectivity index (χ0v) is 28.9. The smallest absolute Gasteiger partial charge is 0.312 e. The molecular weight excluding hydrogens is 592 g/mol. The van der Waals surface area contributed by atoms with Crippen LogP contribution in [0.3, 0.4) is 0 Å². The van der Waals surface area contributed by atoms with Crippen LogP contribution in [-0.2, 0) is 19.0 Å². The van der Waals surface area contributed by atoms with E-state index in [0.717, 1.165) is 31.3 Å². The van der Waals surface area contributed by atoms with E-state index in [2.05, 4.69) is 33.8 Å². The number of aliphatic hydroxyl groups is 6. The maximum Gasteiger partial charge on any atom is 0.312 e. The van der Waals surface area contributed by atoms with Gasteiger partial charge < -0.3 is 44.8 Å². The highest BCUT2D eigenvalue weighted by Gasteiger charge is 2.74. The van der Waals surface area contributed by atoms with Gasteiger partial charge in [-0.15, -0.1) is 0 Å². The van der Waals surface area contributed by atoms with Crippen LogP contribution in [0, 0.1) is 50.7 Å². The first kappa shape index (κ1) is 34.7. The van der Waals surface area contributed by atoms with Gasteiger partial charge in [-0.1, -0.05) is 53.2 Å². The molecule has 262 valence electrons. The lowest BCUT2D eigenvalue weighted by atomic mass is 9.32. The Morgan fingerprint density at radius 1 is 0.891 bits per heavy atom. The summed E-state index contributed by atoms with van der Waals surface area (Å²) in [7, 11) is 1.45. The molecule has 0 unspecified atom stereocenters. The van der Waals surface area contributed by atoms with Gasteiger partial charge >= 0.3 is 5.97 Å². The number of methoxy groups -OCH3 is 1. The minimum Gasteiger partial charge on any atom is -0.469 e. The second kappa shape index (κ2) is 10.9. The Kier molecular flexibility index (Phi) is 8.27. The summed E-state index contributed by atoms with van der Waals surface area (Å²) in [6.07, 6.45) is -1.43. The van der Waals surface area contributed by atoms with Crippen molar-refractivity contribution >= 4 is 5.97 Å². The van der Waals surface area contributed by atoms with Crippen molar-refractivity contribution in [2.75, 3.05) is 13.7 Å². The van der Waals surface area contributed by atoms with Crippen LogP contribution >= 0.6 is 0 Å². The lowest BCUT2D eigenvalue weighted by molar-refractivity contribution is -0.339. The largest absolute Gasteiger partial charge is 0.469 e. The number of esters is 1. The fourth-order valence-corrected chi connectivity index (χ4v) is 12.4. The third-order valence-corrected chi connectivity index (χ3v) is 15.5. The van der Waals surface area contributed by atoms with Gasteiger partial charge in [-0.05, 0) is 85.9 Å². The number of ether oxygens (including phenoxy) is 3. The molecule has 0 amide bonds. The van der Waals surface area contributed by atoms with Crippen LogP contribution in [0.5, 0.6) is 0 Å². The average molecular weight is 651 g/mol. The summed E-state index contributed by atoms with van der Waals surface area (Å²) in [6.45, 7) is 14.6. The molecule has 10 heteroatoms. The molecule has 0 bridgehead atoms. The third kappa shape index (κ3) is 4.26. The molecule has 0 aromatic heterocycles. The molecule has 6 N–H and O–H groups in total. The highest BCUT2D eigenvalue weighted by molar-refractivity contribution is 5.79. The van der Waals surface area contributed by atoms with Crippen molar-refractivity contribution in [1.29, 1.82) is 0 Å². The van der Waals surface area contributed by atoms with Gasteiger partial charge in [-0.2, -0.15) is 0 Å². The SMILES string of the molecule is COC(=O)[C@]12CC[C@@H](C)[C@@](C)(O)[C@H]1C1=CC[C@H]3[C@@]4(C)[C@H](O)[C@@H](O)[C@H](O[C@H]5OC[C@H](O)[C@@H](O)[C@@H]5O)C(C)(C)[C@@H]4CC[C@@]3(C)[C@]1(C)CC2. The van der Waals surface area contributed by atoms with Gasteiger partial charge in [0.1, 0.15) is 24.4 Å². The summed E-state index contributed by atoms with van der Waals surface area (Å²) in [5, 5.41) is 67.0. The van der Waals surface area contributed by atoms with Crippen molar-refractivity contribution in [1.82, 2.24) is 0 Å². The van der Waals surface area contributed by atoms with E-state index in [1.165, 1.54) is 7.11 Å². The topological polar surface area (TPSA) is 166 Å². The molecule has 16 atom stereocenters. The summed E-state index contributed by atoms with van der Waals surface area (Å²) in [5.74, 6) is -0.663. The molecular formula is C36H58O10. The Hall–Kier alpha value is -1.11. The number of hydrogen-bond acceptors (Lipinski definition) is 10. The molecule has 6 aliphatic rings. The van der Waals surface area contributed by atoms with E-state index in [1.54, 1.807) is 0 Å². The van der Waals surface area contributed by atoms with Crippen molar-refractivity contribution < 1.29 is 49.6 Å². The fraction of sp³-hybridized carbons (Fsp3) is 0.917. The normalized spacial score (nSPS) is 56.4. The van der Waals surface area contributed by atoms with Gasteiger partial charge in [0, 0.05) is 11.3 Å². The maximum atomic E-state index is 13.6. The first-order valence-corrected chi connectivity index (χ1v) is 17.5. The molecule has 4 saturated carbocycles. The van der Waals surface area contributed by atoms with Crippen LogP contribution in [0.4, 0.5) is 0 Å². The number of carbonyl (C=O) groups excluding carboxylic acids is 1. The predicted molar refractivity (Wildman–Crippen MR) is 168 cm³/mol. The maximum absolute atomic E-state index is 13.6. The highest BCUT2D eigenvalue weighted by atomic mass is 16.7. The summed E-state index contributed by atoms with van der Waals surface area (Å²) in [6, 6.07) is 0.